The summed E-state index contributed by atoms with van der Waals surface area (Å²) in [6.45, 7) is 4.14. The van der Waals surface area contributed by atoms with E-state index in [0.29, 0.717) is 5.92 Å². The van der Waals surface area contributed by atoms with Gasteiger partial charge in [0.2, 0.25) is 11.6 Å². The van der Waals surface area contributed by atoms with Gasteiger partial charge in [-0.25, -0.2) is 9.78 Å². The topological polar surface area (TPSA) is 94.6 Å². The zero-order chi connectivity index (χ0) is 20.5. The average molecular weight is 401 g/mol. The maximum atomic E-state index is 13.1. The van der Waals surface area contributed by atoms with Gasteiger partial charge < -0.3 is 14.1 Å². The molecule has 0 N–H and O–H groups in total. The molecule has 0 radical (unpaired) electrons. The number of fused-ring (bicyclic) bond motifs is 2. The van der Waals surface area contributed by atoms with Crippen LogP contribution in [0.3, 0.4) is 0 Å². The number of aromatic nitrogens is 2. The van der Waals surface area contributed by atoms with Crippen molar-refractivity contribution in [3.05, 3.63) is 28.0 Å². The van der Waals surface area contributed by atoms with Crippen LogP contribution in [-0.4, -0.2) is 45.5 Å². The molecule has 2 fully saturated rings. The highest BCUT2D eigenvalue weighted by atomic mass is 16.5. The summed E-state index contributed by atoms with van der Waals surface area (Å²) in [5.74, 6) is 0.175. The number of esters is 1. The summed E-state index contributed by atoms with van der Waals surface area (Å²) in [6, 6.07) is 0.281. The van der Waals surface area contributed by atoms with Gasteiger partial charge in [0.15, 0.2) is 0 Å². The second-order valence-corrected chi connectivity index (χ2v) is 7.95. The lowest BCUT2D eigenvalue weighted by Crippen LogP contribution is -2.51. The molecule has 3 heterocycles. The number of rotatable bonds is 4. The third kappa shape index (κ3) is 3.56. The van der Waals surface area contributed by atoms with Gasteiger partial charge in [-0.1, -0.05) is 12.8 Å². The average Bonchev–Trinajstić information content (AvgIpc) is 3.06. The molecule has 0 bridgehead atoms. The Morgan fingerprint density at radius 2 is 2.00 bits per heavy atom. The standard InChI is InChI=1S/C21H27N3O5/c1-3-28-21(27)17-13(2)29-19-18(17)20(26)23(12-22-19)11-16(25)24-10-6-8-14-7-4-5-9-15(14)24/h12,14-15H,3-11H2,1-2H3/t14-,15-/m1/s1. The number of nitrogens with zero attached hydrogens (tertiary/aromatic N) is 3. The molecule has 8 heteroatoms. The van der Waals surface area contributed by atoms with E-state index in [4.69, 9.17) is 9.15 Å². The second kappa shape index (κ2) is 8.00. The van der Waals surface area contributed by atoms with Gasteiger partial charge in [0.1, 0.15) is 29.6 Å². The molecule has 1 aliphatic heterocycles. The van der Waals surface area contributed by atoms with E-state index in [1.807, 2.05) is 4.90 Å². The van der Waals surface area contributed by atoms with Gasteiger partial charge in [-0.05, 0) is 45.4 Å². The number of furan rings is 1. The van der Waals surface area contributed by atoms with Crippen molar-refractivity contribution in [3.8, 4) is 0 Å². The maximum absolute atomic E-state index is 13.1. The molecule has 2 aromatic heterocycles. The van der Waals surface area contributed by atoms with E-state index in [1.54, 1.807) is 13.8 Å². The highest BCUT2D eigenvalue weighted by Gasteiger charge is 2.35. The number of amides is 1. The summed E-state index contributed by atoms with van der Waals surface area (Å²) in [5, 5.41) is 0.0745. The van der Waals surface area contributed by atoms with Crippen molar-refractivity contribution in [1.82, 2.24) is 14.5 Å². The Kier molecular flexibility index (Phi) is 5.43. The predicted molar refractivity (Wildman–Crippen MR) is 106 cm³/mol. The Balaban J connectivity index is 1.63. The molecule has 2 atom stereocenters. The van der Waals surface area contributed by atoms with Crippen LogP contribution in [0.25, 0.3) is 11.1 Å². The van der Waals surface area contributed by atoms with E-state index in [0.717, 1.165) is 25.8 Å². The largest absolute Gasteiger partial charge is 0.462 e. The molecule has 0 unspecified atom stereocenters. The molecule has 1 saturated heterocycles. The third-order valence-electron chi connectivity index (χ3n) is 6.20. The predicted octanol–water partition coefficient (Wildman–Crippen LogP) is 2.66. The molecule has 156 valence electrons. The Morgan fingerprint density at radius 3 is 2.79 bits per heavy atom. The fourth-order valence-corrected chi connectivity index (χ4v) is 4.87. The van der Waals surface area contributed by atoms with Gasteiger partial charge >= 0.3 is 5.97 Å². The first-order valence-corrected chi connectivity index (χ1v) is 10.5. The molecule has 2 aromatic rings. The van der Waals surface area contributed by atoms with Crippen molar-refractivity contribution in [1.29, 1.82) is 0 Å². The quantitative estimate of drug-likeness (QED) is 0.731. The molecule has 0 spiro atoms. The summed E-state index contributed by atoms with van der Waals surface area (Å²) in [5.41, 5.74) is -0.281. The highest BCUT2D eigenvalue weighted by molar-refractivity contribution is 6.03. The fraction of sp³-hybridized carbons (Fsp3) is 0.619. The number of piperidine rings is 1. The number of likely N-dealkylation sites (tertiary alicyclic amines) is 1. The van der Waals surface area contributed by atoms with Crippen molar-refractivity contribution in [2.24, 2.45) is 5.92 Å². The minimum absolute atomic E-state index is 0.0669. The number of hydrogen-bond acceptors (Lipinski definition) is 6. The van der Waals surface area contributed by atoms with Crippen molar-refractivity contribution in [2.75, 3.05) is 13.2 Å². The zero-order valence-electron chi connectivity index (χ0n) is 17.0. The Labute approximate surface area is 168 Å². The number of carbonyl (C=O) groups excluding carboxylic acids is 2. The molecule has 1 amide bonds. The highest BCUT2D eigenvalue weighted by Crippen LogP contribution is 2.35. The van der Waals surface area contributed by atoms with Crippen LogP contribution in [0.5, 0.6) is 0 Å². The fourth-order valence-electron chi connectivity index (χ4n) is 4.87. The van der Waals surface area contributed by atoms with Crippen molar-refractivity contribution in [2.45, 2.75) is 65.0 Å². The molecule has 0 aromatic carbocycles. The van der Waals surface area contributed by atoms with Crippen LogP contribution in [0, 0.1) is 12.8 Å². The molecule has 2 aliphatic rings. The zero-order valence-corrected chi connectivity index (χ0v) is 17.0. The smallest absolute Gasteiger partial charge is 0.342 e. The van der Waals surface area contributed by atoms with Crippen molar-refractivity contribution in [3.63, 3.8) is 0 Å². The Bertz CT molecular complexity index is 990. The van der Waals surface area contributed by atoms with Gasteiger partial charge in [-0.3, -0.25) is 14.2 Å². The van der Waals surface area contributed by atoms with Gasteiger partial charge in [0.25, 0.3) is 5.56 Å². The van der Waals surface area contributed by atoms with E-state index in [-0.39, 0.29) is 47.5 Å². The van der Waals surface area contributed by atoms with Crippen LogP contribution in [0.2, 0.25) is 0 Å². The number of aryl methyl sites for hydroxylation is 1. The van der Waals surface area contributed by atoms with Gasteiger partial charge in [-0.2, -0.15) is 0 Å². The summed E-state index contributed by atoms with van der Waals surface area (Å²) in [7, 11) is 0. The van der Waals surface area contributed by atoms with Gasteiger partial charge in [0.05, 0.1) is 6.61 Å². The van der Waals surface area contributed by atoms with Crippen LogP contribution in [0.1, 0.15) is 61.6 Å². The van der Waals surface area contributed by atoms with Crippen LogP contribution >= 0.6 is 0 Å². The van der Waals surface area contributed by atoms with Crippen molar-refractivity contribution < 1.29 is 18.7 Å². The first-order valence-electron chi connectivity index (χ1n) is 10.5. The minimum atomic E-state index is -0.618. The third-order valence-corrected chi connectivity index (χ3v) is 6.20. The molecular weight excluding hydrogens is 374 g/mol. The van der Waals surface area contributed by atoms with Crippen LogP contribution in [-0.2, 0) is 16.1 Å². The lowest BCUT2D eigenvalue weighted by atomic mass is 9.78. The number of ether oxygens (including phenoxy) is 1. The van der Waals surface area contributed by atoms with Gasteiger partial charge in [-0.15, -0.1) is 0 Å². The second-order valence-electron chi connectivity index (χ2n) is 7.95. The SMILES string of the molecule is CCOC(=O)c1c(C)oc2ncn(CC(=O)N3CCC[C@H]4CCCC[C@H]43)c(=O)c12. The lowest BCUT2D eigenvalue weighted by Gasteiger charge is -2.44. The van der Waals surface area contributed by atoms with E-state index in [1.165, 1.54) is 30.2 Å². The van der Waals surface area contributed by atoms with E-state index < -0.39 is 11.5 Å². The Hall–Kier alpha value is -2.64. The van der Waals surface area contributed by atoms with E-state index in [2.05, 4.69) is 4.98 Å². The minimum Gasteiger partial charge on any atom is -0.462 e. The number of hydrogen-bond donors (Lipinski definition) is 0. The normalized spacial score (nSPS) is 21.8. The molecule has 4 rings (SSSR count). The summed E-state index contributed by atoms with van der Waals surface area (Å²) < 4.78 is 11.8. The van der Waals surface area contributed by atoms with Gasteiger partial charge in [0, 0.05) is 12.6 Å². The summed E-state index contributed by atoms with van der Waals surface area (Å²) >= 11 is 0. The van der Waals surface area contributed by atoms with Crippen LogP contribution in [0.4, 0.5) is 0 Å². The summed E-state index contributed by atoms with van der Waals surface area (Å²) in [6.07, 6.45) is 8.11. The summed E-state index contributed by atoms with van der Waals surface area (Å²) in [4.78, 5) is 44.5. The van der Waals surface area contributed by atoms with Crippen LogP contribution in [0.15, 0.2) is 15.5 Å². The molecule has 1 aliphatic carbocycles. The first-order chi connectivity index (χ1) is 14.0. The molecule has 8 nitrogen and oxygen atoms in total. The first kappa shape index (κ1) is 19.7. The van der Waals surface area contributed by atoms with E-state index >= 15 is 0 Å². The molecule has 1 saturated carbocycles. The lowest BCUT2D eigenvalue weighted by molar-refractivity contribution is -0.138. The maximum Gasteiger partial charge on any atom is 0.342 e. The Morgan fingerprint density at radius 1 is 1.24 bits per heavy atom. The molecule has 29 heavy (non-hydrogen) atoms. The van der Waals surface area contributed by atoms with E-state index in [9.17, 15) is 14.4 Å². The molecular formula is C21H27N3O5. The van der Waals surface area contributed by atoms with Crippen LogP contribution < -0.4 is 5.56 Å². The van der Waals surface area contributed by atoms with Crippen molar-refractivity contribution >= 4 is 23.0 Å². The number of carbonyl (C=O) groups is 2. The monoisotopic (exact) mass is 401 g/mol.